The fourth-order valence-electron chi connectivity index (χ4n) is 1.35. The van der Waals surface area contributed by atoms with Gasteiger partial charge in [-0.3, -0.25) is 4.99 Å². The predicted molar refractivity (Wildman–Crippen MR) is 53.3 cm³/mol. The molecule has 0 amide bonds. The summed E-state index contributed by atoms with van der Waals surface area (Å²) in [5.74, 6) is 0.860. The molecule has 0 unspecified atom stereocenters. The minimum absolute atomic E-state index is 0.567. The topological polar surface area (TPSA) is 34.5 Å². The van der Waals surface area contributed by atoms with Crippen LogP contribution in [0.5, 0.6) is 5.75 Å². The van der Waals surface area contributed by atoms with Crippen LogP contribution in [0.25, 0.3) is 10.2 Å². The molecule has 2 aromatic rings. The molecular formula is C9H6N2OS. The van der Waals surface area contributed by atoms with Gasteiger partial charge in [-0.05, 0) is 6.07 Å². The molecule has 0 aliphatic carbocycles. The average Bonchev–Trinajstić information content (AvgIpc) is 2.61. The van der Waals surface area contributed by atoms with Gasteiger partial charge in [-0.1, -0.05) is 0 Å². The van der Waals surface area contributed by atoms with Crippen molar-refractivity contribution in [3.63, 3.8) is 0 Å². The van der Waals surface area contributed by atoms with E-state index in [0.29, 0.717) is 6.61 Å². The summed E-state index contributed by atoms with van der Waals surface area (Å²) in [4.78, 5) is 8.45. The molecule has 13 heavy (non-hydrogen) atoms. The Kier molecular flexibility index (Phi) is 1.37. The lowest BCUT2D eigenvalue weighted by Gasteiger charge is -2.10. The quantitative estimate of drug-likeness (QED) is 0.639. The van der Waals surface area contributed by atoms with E-state index < -0.39 is 0 Å². The first-order chi connectivity index (χ1) is 6.43. The summed E-state index contributed by atoms with van der Waals surface area (Å²) in [5, 5.41) is 0. The van der Waals surface area contributed by atoms with Crippen LogP contribution in [0.4, 0.5) is 5.69 Å². The second kappa shape index (κ2) is 2.53. The summed E-state index contributed by atoms with van der Waals surface area (Å²) in [6.07, 6.45) is 1.76. The number of rotatable bonds is 0. The predicted octanol–water partition coefficient (Wildman–Crippen LogP) is 2.39. The molecule has 1 aromatic carbocycles. The maximum Gasteiger partial charge on any atom is 0.147 e. The van der Waals surface area contributed by atoms with Gasteiger partial charge >= 0.3 is 0 Å². The number of fused-ring (bicyclic) bond motifs is 2. The van der Waals surface area contributed by atoms with Crippen molar-refractivity contribution in [3.05, 3.63) is 17.6 Å². The third-order valence-electron chi connectivity index (χ3n) is 1.96. The van der Waals surface area contributed by atoms with Crippen molar-refractivity contribution in [1.82, 2.24) is 4.98 Å². The highest BCUT2D eigenvalue weighted by Gasteiger charge is 2.09. The molecule has 64 valence electrons. The highest BCUT2D eigenvalue weighted by atomic mass is 32.1. The lowest BCUT2D eigenvalue weighted by Crippen LogP contribution is -2.02. The number of hydrogen-bond donors (Lipinski definition) is 0. The summed E-state index contributed by atoms with van der Waals surface area (Å²) >= 11 is 1.62. The maximum absolute atomic E-state index is 5.43. The molecule has 0 atom stereocenters. The van der Waals surface area contributed by atoms with Crippen LogP contribution in [0.2, 0.25) is 0 Å². The highest BCUT2D eigenvalue weighted by molar-refractivity contribution is 7.16. The van der Waals surface area contributed by atoms with E-state index in [2.05, 4.69) is 9.98 Å². The molecule has 0 spiro atoms. The van der Waals surface area contributed by atoms with Gasteiger partial charge in [0.15, 0.2) is 0 Å². The van der Waals surface area contributed by atoms with Gasteiger partial charge in [0.2, 0.25) is 0 Å². The zero-order valence-electron chi connectivity index (χ0n) is 6.73. The van der Waals surface area contributed by atoms with Gasteiger partial charge in [-0.25, -0.2) is 4.98 Å². The molecule has 0 bridgehead atoms. The van der Waals surface area contributed by atoms with Gasteiger partial charge in [0, 0.05) is 12.3 Å². The molecule has 0 saturated heterocycles. The first-order valence-corrected chi connectivity index (χ1v) is 4.84. The van der Waals surface area contributed by atoms with E-state index in [1.54, 1.807) is 17.6 Å². The van der Waals surface area contributed by atoms with Crippen molar-refractivity contribution in [1.29, 1.82) is 0 Å². The Morgan fingerprint density at radius 2 is 2.38 bits per heavy atom. The smallest absolute Gasteiger partial charge is 0.147 e. The molecule has 0 fully saturated rings. The highest BCUT2D eigenvalue weighted by Crippen LogP contribution is 2.34. The third-order valence-corrected chi connectivity index (χ3v) is 2.75. The summed E-state index contributed by atoms with van der Waals surface area (Å²) in [6.45, 7) is 0.567. The van der Waals surface area contributed by atoms with Crippen molar-refractivity contribution >= 4 is 33.5 Å². The van der Waals surface area contributed by atoms with Crippen LogP contribution >= 0.6 is 11.3 Å². The fourth-order valence-corrected chi connectivity index (χ4v) is 2.04. The molecule has 1 aliphatic heterocycles. The molecule has 0 radical (unpaired) electrons. The van der Waals surface area contributed by atoms with Crippen molar-refractivity contribution in [2.75, 3.05) is 6.61 Å². The van der Waals surface area contributed by atoms with Gasteiger partial charge in [0.25, 0.3) is 0 Å². The van der Waals surface area contributed by atoms with Crippen LogP contribution in [-0.4, -0.2) is 17.8 Å². The van der Waals surface area contributed by atoms with E-state index in [1.807, 2.05) is 17.6 Å². The van der Waals surface area contributed by atoms with Crippen molar-refractivity contribution in [3.8, 4) is 5.75 Å². The summed E-state index contributed by atoms with van der Waals surface area (Å²) in [6, 6.07) is 3.95. The van der Waals surface area contributed by atoms with Gasteiger partial charge in [-0.15, -0.1) is 11.3 Å². The molecule has 3 rings (SSSR count). The van der Waals surface area contributed by atoms with E-state index in [4.69, 9.17) is 4.74 Å². The Morgan fingerprint density at radius 1 is 1.38 bits per heavy atom. The first-order valence-electron chi connectivity index (χ1n) is 3.96. The van der Waals surface area contributed by atoms with E-state index in [0.717, 1.165) is 21.7 Å². The van der Waals surface area contributed by atoms with Gasteiger partial charge in [0.1, 0.15) is 18.0 Å². The zero-order valence-corrected chi connectivity index (χ0v) is 7.54. The van der Waals surface area contributed by atoms with E-state index in [9.17, 15) is 0 Å². The Morgan fingerprint density at radius 3 is 3.38 bits per heavy atom. The third kappa shape index (κ3) is 1.02. The largest absolute Gasteiger partial charge is 0.486 e. The Balaban J connectivity index is 2.36. The Labute approximate surface area is 78.7 Å². The van der Waals surface area contributed by atoms with E-state index >= 15 is 0 Å². The second-order valence-electron chi connectivity index (χ2n) is 2.76. The number of aliphatic imine (C=N–C) groups is 1. The molecule has 0 N–H and O–H groups in total. The molecular weight excluding hydrogens is 184 g/mol. The van der Waals surface area contributed by atoms with Crippen LogP contribution < -0.4 is 4.74 Å². The molecule has 0 saturated carbocycles. The SMILES string of the molecule is C1=Nc2cc3ncsc3cc2OC1. The molecule has 3 nitrogen and oxygen atoms in total. The van der Waals surface area contributed by atoms with Crippen LogP contribution in [-0.2, 0) is 0 Å². The Hall–Kier alpha value is -1.42. The Bertz CT molecular complexity index is 489. The summed E-state index contributed by atoms with van der Waals surface area (Å²) in [5.41, 5.74) is 3.70. The second-order valence-corrected chi connectivity index (χ2v) is 3.65. The van der Waals surface area contributed by atoms with Crippen LogP contribution in [0, 0.1) is 0 Å². The average molecular weight is 190 g/mol. The number of benzene rings is 1. The maximum atomic E-state index is 5.43. The van der Waals surface area contributed by atoms with Crippen LogP contribution in [0.15, 0.2) is 22.6 Å². The molecule has 4 heteroatoms. The minimum atomic E-state index is 0.567. The zero-order chi connectivity index (χ0) is 8.67. The lowest BCUT2D eigenvalue weighted by molar-refractivity contribution is 0.377. The van der Waals surface area contributed by atoms with Crippen molar-refractivity contribution < 1.29 is 4.74 Å². The number of ether oxygens (including phenoxy) is 1. The van der Waals surface area contributed by atoms with Crippen molar-refractivity contribution in [2.45, 2.75) is 0 Å². The summed E-state index contributed by atoms with van der Waals surface area (Å²) in [7, 11) is 0. The first kappa shape index (κ1) is 7.03. The van der Waals surface area contributed by atoms with Crippen LogP contribution in [0.1, 0.15) is 0 Å². The van der Waals surface area contributed by atoms with E-state index in [1.165, 1.54) is 0 Å². The standard InChI is InChI=1S/C9H6N2OS/c1-2-12-8-4-9-7(11-5-13-9)3-6(8)10-1/h1,3-5H,2H2. The normalized spacial score (nSPS) is 14.2. The monoisotopic (exact) mass is 190 g/mol. The number of hydrogen-bond acceptors (Lipinski definition) is 4. The number of thiazole rings is 1. The van der Waals surface area contributed by atoms with Gasteiger partial charge in [0.05, 0.1) is 15.7 Å². The molecule has 2 heterocycles. The fraction of sp³-hybridized carbons (Fsp3) is 0.111. The molecule has 1 aliphatic rings. The van der Waals surface area contributed by atoms with Crippen LogP contribution in [0.3, 0.4) is 0 Å². The molecule has 1 aromatic heterocycles. The van der Waals surface area contributed by atoms with Crippen molar-refractivity contribution in [2.24, 2.45) is 4.99 Å². The van der Waals surface area contributed by atoms with Gasteiger partial charge < -0.3 is 4.74 Å². The number of aromatic nitrogens is 1. The van der Waals surface area contributed by atoms with Gasteiger partial charge in [-0.2, -0.15) is 0 Å². The summed E-state index contributed by atoms with van der Waals surface area (Å²) < 4.78 is 6.58. The van der Waals surface area contributed by atoms with E-state index in [-0.39, 0.29) is 0 Å². The minimum Gasteiger partial charge on any atom is -0.486 e. The lowest BCUT2D eigenvalue weighted by atomic mass is 10.2. The number of nitrogens with zero attached hydrogens (tertiary/aromatic N) is 2.